The Bertz CT molecular complexity index is 861. The number of pyridine rings is 1. The molecule has 1 aliphatic heterocycles. The number of hydrogen-bond acceptors (Lipinski definition) is 5. The third kappa shape index (κ3) is 4.48. The van der Waals surface area contributed by atoms with E-state index in [2.05, 4.69) is 0 Å². The van der Waals surface area contributed by atoms with Crippen LogP contribution in [-0.4, -0.2) is 43.2 Å². The summed E-state index contributed by atoms with van der Waals surface area (Å²) in [7, 11) is 1.10. The van der Waals surface area contributed by atoms with Gasteiger partial charge in [-0.1, -0.05) is 12.1 Å². The molecule has 7 heteroatoms. The van der Waals surface area contributed by atoms with Gasteiger partial charge in [0.15, 0.2) is 0 Å². The highest BCUT2D eigenvalue weighted by atomic mass is 16.7. The highest BCUT2D eigenvalue weighted by molar-refractivity contribution is 6.62. The van der Waals surface area contributed by atoms with Crippen LogP contribution in [0.4, 0.5) is 0 Å². The van der Waals surface area contributed by atoms with Crippen LogP contribution in [-0.2, 0) is 20.6 Å². The first kappa shape index (κ1) is 20.6. The fraction of sp³-hybridized carbons (Fsp3) is 0.476. The molecule has 2 aromatic rings. The van der Waals surface area contributed by atoms with Gasteiger partial charge in [0, 0.05) is 19.4 Å². The molecule has 1 aromatic heterocycles. The fourth-order valence-corrected chi connectivity index (χ4v) is 2.95. The van der Waals surface area contributed by atoms with Crippen molar-refractivity contribution >= 4 is 12.6 Å². The predicted octanol–water partition coefficient (Wildman–Crippen LogP) is 2.22. The van der Waals surface area contributed by atoms with Crippen molar-refractivity contribution in [1.29, 1.82) is 0 Å². The van der Waals surface area contributed by atoms with Gasteiger partial charge < -0.3 is 23.3 Å². The molecule has 1 saturated heterocycles. The highest BCUT2D eigenvalue weighted by Gasteiger charge is 2.51. The molecule has 0 saturated carbocycles. The average molecular weight is 385 g/mol. The normalized spacial score (nSPS) is 17.7. The Morgan fingerprint density at radius 2 is 1.75 bits per heavy atom. The summed E-state index contributed by atoms with van der Waals surface area (Å²) < 4.78 is 24.3. The van der Waals surface area contributed by atoms with Crippen molar-refractivity contribution in [3.8, 4) is 5.75 Å². The molecule has 0 bridgehead atoms. The van der Waals surface area contributed by atoms with Crippen LogP contribution >= 0.6 is 0 Å². The van der Waals surface area contributed by atoms with Gasteiger partial charge in [-0.3, -0.25) is 4.79 Å². The standard InChI is InChI=1S/C21H28BNO5/c1-20(2)21(3,4)28-22(27-20)17-9-10-23(19(24)14-17)15-16-7-6-8-18(13-16)26-12-11-25-5/h6-10,13-14H,11-12,15H2,1-5H3. The van der Waals surface area contributed by atoms with E-state index in [1.807, 2.05) is 58.0 Å². The number of benzene rings is 1. The number of rotatable bonds is 7. The summed E-state index contributed by atoms with van der Waals surface area (Å²) in [6, 6.07) is 11.2. The molecule has 0 N–H and O–H groups in total. The number of nitrogens with zero attached hydrogens (tertiary/aromatic N) is 1. The van der Waals surface area contributed by atoms with E-state index in [1.54, 1.807) is 23.9 Å². The van der Waals surface area contributed by atoms with Gasteiger partial charge in [-0.05, 0) is 56.9 Å². The number of hydrogen-bond donors (Lipinski definition) is 0. The van der Waals surface area contributed by atoms with Gasteiger partial charge in [0.1, 0.15) is 12.4 Å². The minimum atomic E-state index is -0.537. The van der Waals surface area contributed by atoms with E-state index >= 15 is 0 Å². The highest BCUT2D eigenvalue weighted by Crippen LogP contribution is 2.36. The van der Waals surface area contributed by atoms with Gasteiger partial charge in [-0.2, -0.15) is 0 Å². The lowest BCUT2D eigenvalue weighted by atomic mass is 9.80. The Hall–Kier alpha value is -2.09. The molecular formula is C21H28BNO5. The van der Waals surface area contributed by atoms with E-state index < -0.39 is 18.3 Å². The summed E-state index contributed by atoms with van der Waals surface area (Å²) in [5.74, 6) is 0.761. The lowest BCUT2D eigenvalue weighted by molar-refractivity contribution is 0.00578. The van der Waals surface area contributed by atoms with Gasteiger partial charge in [-0.15, -0.1) is 0 Å². The second kappa shape index (κ2) is 8.11. The van der Waals surface area contributed by atoms with Crippen LogP contribution in [0.2, 0.25) is 0 Å². The summed E-state index contributed by atoms with van der Waals surface area (Å²) in [5.41, 5.74) is 0.751. The smallest absolute Gasteiger partial charge is 0.491 e. The lowest BCUT2D eigenvalue weighted by Crippen LogP contribution is -2.41. The van der Waals surface area contributed by atoms with Crippen LogP contribution in [0.25, 0.3) is 0 Å². The first-order valence-corrected chi connectivity index (χ1v) is 9.48. The van der Waals surface area contributed by atoms with Gasteiger partial charge in [0.25, 0.3) is 0 Å². The van der Waals surface area contributed by atoms with Crippen molar-refractivity contribution in [2.75, 3.05) is 20.3 Å². The third-order valence-electron chi connectivity index (χ3n) is 5.35. The van der Waals surface area contributed by atoms with Crippen LogP contribution in [0.15, 0.2) is 47.4 Å². The van der Waals surface area contributed by atoms with E-state index in [0.717, 1.165) is 16.8 Å². The molecule has 3 rings (SSSR count). The minimum absolute atomic E-state index is 0.0992. The maximum atomic E-state index is 12.6. The van der Waals surface area contributed by atoms with Crippen LogP contribution in [0.5, 0.6) is 5.75 Å². The van der Waals surface area contributed by atoms with Crippen molar-refractivity contribution in [2.45, 2.75) is 45.4 Å². The van der Waals surface area contributed by atoms with Crippen molar-refractivity contribution < 1.29 is 18.8 Å². The molecule has 6 nitrogen and oxygen atoms in total. The van der Waals surface area contributed by atoms with Crippen molar-refractivity contribution in [3.05, 3.63) is 58.5 Å². The molecule has 28 heavy (non-hydrogen) atoms. The summed E-state index contributed by atoms with van der Waals surface area (Å²) in [5, 5.41) is 0. The van der Waals surface area contributed by atoms with Crippen molar-refractivity contribution in [2.24, 2.45) is 0 Å². The Morgan fingerprint density at radius 1 is 1.04 bits per heavy atom. The fourth-order valence-electron chi connectivity index (χ4n) is 2.95. The quantitative estimate of drug-likeness (QED) is 0.541. The van der Waals surface area contributed by atoms with E-state index in [0.29, 0.717) is 19.8 Å². The maximum absolute atomic E-state index is 12.6. The van der Waals surface area contributed by atoms with E-state index in [1.165, 1.54) is 0 Å². The monoisotopic (exact) mass is 385 g/mol. The first-order valence-electron chi connectivity index (χ1n) is 9.48. The van der Waals surface area contributed by atoms with Gasteiger partial charge in [-0.25, -0.2) is 0 Å². The van der Waals surface area contributed by atoms with Crippen LogP contribution in [0, 0.1) is 0 Å². The molecule has 150 valence electrons. The zero-order valence-corrected chi connectivity index (χ0v) is 17.2. The SMILES string of the molecule is COCCOc1cccc(Cn2ccc(B3OC(C)(C)C(C)(C)O3)cc2=O)c1. The van der Waals surface area contributed by atoms with Gasteiger partial charge >= 0.3 is 7.12 Å². The van der Waals surface area contributed by atoms with Gasteiger partial charge in [0.2, 0.25) is 5.56 Å². The maximum Gasteiger partial charge on any atom is 0.495 e. The number of aromatic nitrogens is 1. The molecular weight excluding hydrogens is 357 g/mol. The molecule has 0 atom stereocenters. The minimum Gasteiger partial charge on any atom is -0.491 e. The summed E-state index contributed by atoms with van der Waals surface area (Å²) >= 11 is 0. The molecule has 0 unspecified atom stereocenters. The Labute approximate surface area is 166 Å². The van der Waals surface area contributed by atoms with E-state index in [4.69, 9.17) is 18.8 Å². The molecule has 0 amide bonds. The van der Waals surface area contributed by atoms with Crippen molar-refractivity contribution in [3.63, 3.8) is 0 Å². The van der Waals surface area contributed by atoms with Crippen LogP contribution in [0.3, 0.4) is 0 Å². The summed E-state index contributed by atoms with van der Waals surface area (Å²) in [4.78, 5) is 12.6. The topological polar surface area (TPSA) is 58.9 Å². The third-order valence-corrected chi connectivity index (χ3v) is 5.35. The Morgan fingerprint density at radius 3 is 2.39 bits per heavy atom. The molecule has 1 fully saturated rings. The second-order valence-corrected chi connectivity index (χ2v) is 8.00. The molecule has 0 spiro atoms. The average Bonchev–Trinajstić information content (AvgIpc) is 2.85. The predicted molar refractivity (Wildman–Crippen MR) is 109 cm³/mol. The lowest BCUT2D eigenvalue weighted by Gasteiger charge is -2.32. The van der Waals surface area contributed by atoms with E-state index in [9.17, 15) is 4.79 Å². The molecule has 0 aliphatic carbocycles. The summed E-state index contributed by atoms with van der Waals surface area (Å²) in [6.45, 7) is 9.47. The van der Waals surface area contributed by atoms with Crippen LogP contribution < -0.4 is 15.8 Å². The van der Waals surface area contributed by atoms with E-state index in [-0.39, 0.29) is 5.56 Å². The van der Waals surface area contributed by atoms with Crippen LogP contribution in [0.1, 0.15) is 33.3 Å². The van der Waals surface area contributed by atoms with Gasteiger partial charge in [0.05, 0.1) is 24.4 Å². The first-order chi connectivity index (χ1) is 13.2. The molecule has 1 aliphatic rings. The molecule has 0 radical (unpaired) electrons. The molecule has 2 heterocycles. The largest absolute Gasteiger partial charge is 0.495 e. The zero-order valence-electron chi connectivity index (χ0n) is 17.2. The number of ether oxygens (including phenoxy) is 2. The zero-order chi connectivity index (χ0) is 20.4. The Kier molecular flexibility index (Phi) is 5.98. The van der Waals surface area contributed by atoms with Crippen molar-refractivity contribution in [1.82, 2.24) is 4.57 Å². The second-order valence-electron chi connectivity index (χ2n) is 8.00. The Balaban J connectivity index is 1.72. The number of methoxy groups -OCH3 is 1. The molecule has 1 aromatic carbocycles. The summed E-state index contributed by atoms with van der Waals surface area (Å²) in [6.07, 6.45) is 1.78.